The zero-order valence-electron chi connectivity index (χ0n) is 17.0. The number of rotatable bonds is 7. The molecule has 4 aromatic rings. The lowest BCUT2D eigenvalue weighted by Gasteiger charge is -2.13. The minimum absolute atomic E-state index is 0.0523. The van der Waals surface area contributed by atoms with Crippen molar-refractivity contribution in [3.63, 3.8) is 0 Å². The van der Waals surface area contributed by atoms with Crippen molar-refractivity contribution in [2.24, 2.45) is 0 Å². The smallest absolute Gasteiger partial charge is 0.259 e. The summed E-state index contributed by atoms with van der Waals surface area (Å²) in [6.07, 6.45) is 1.64. The second kappa shape index (κ2) is 9.10. The third-order valence-electron chi connectivity index (χ3n) is 4.98. The molecule has 1 unspecified atom stereocenters. The summed E-state index contributed by atoms with van der Waals surface area (Å²) in [5.74, 6) is 0.581. The van der Waals surface area contributed by atoms with Gasteiger partial charge in [-0.3, -0.25) is 4.79 Å². The van der Waals surface area contributed by atoms with Gasteiger partial charge in [-0.25, -0.2) is 0 Å². The summed E-state index contributed by atoms with van der Waals surface area (Å²) in [7, 11) is 0. The van der Waals surface area contributed by atoms with Gasteiger partial charge < -0.3 is 20.0 Å². The number of aryl methyl sites for hydroxylation is 1. The monoisotopic (exact) mass is 435 g/mol. The molecule has 0 aliphatic rings. The molecule has 31 heavy (non-hydrogen) atoms. The molecule has 0 bridgehead atoms. The zero-order valence-corrected chi connectivity index (χ0v) is 17.7. The van der Waals surface area contributed by atoms with Crippen LogP contribution in [0.2, 0.25) is 5.02 Å². The number of anilines is 1. The maximum atomic E-state index is 12.9. The Kier molecular flexibility index (Phi) is 6.09. The Balaban J connectivity index is 1.49. The number of benzene rings is 2. The SMILES string of the molecule is CC(CCc1ccccc1)NC(=O)c1c(-c2ccc(-c3cccc(Cl)c3)o2)noc1N. The van der Waals surface area contributed by atoms with Crippen LogP contribution in [0.1, 0.15) is 29.3 Å². The van der Waals surface area contributed by atoms with Crippen LogP contribution in [0.3, 0.4) is 0 Å². The molecule has 0 saturated heterocycles. The van der Waals surface area contributed by atoms with Crippen LogP contribution in [0.15, 0.2) is 75.7 Å². The number of hydrogen-bond donors (Lipinski definition) is 2. The maximum Gasteiger partial charge on any atom is 0.259 e. The van der Waals surface area contributed by atoms with E-state index < -0.39 is 0 Å². The highest BCUT2D eigenvalue weighted by Gasteiger charge is 2.25. The zero-order chi connectivity index (χ0) is 21.8. The summed E-state index contributed by atoms with van der Waals surface area (Å²) in [5.41, 5.74) is 8.37. The largest absolute Gasteiger partial charge is 0.454 e. The number of hydrogen-bond acceptors (Lipinski definition) is 5. The summed E-state index contributed by atoms with van der Waals surface area (Å²) < 4.78 is 11.0. The van der Waals surface area contributed by atoms with Crippen LogP contribution < -0.4 is 11.1 Å². The number of halogens is 1. The number of nitrogens with one attached hydrogen (secondary N) is 1. The summed E-state index contributed by atoms with van der Waals surface area (Å²) in [4.78, 5) is 12.9. The van der Waals surface area contributed by atoms with E-state index in [1.54, 1.807) is 24.3 Å². The van der Waals surface area contributed by atoms with Crippen LogP contribution in [-0.2, 0) is 6.42 Å². The standard InChI is InChI=1S/C24H22ClN3O3/c1-15(10-11-16-6-3-2-4-7-16)27-24(29)21-22(28-31-23(21)26)20-13-12-19(30-20)17-8-5-9-18(25)14-17/h2-9,12-15H,10-11,26H2,1H3,(H,27,29). The van der Waals surface area contributed by atoms with Crippen LogP contribution in [0, 0.1) is 0 Å². The van der Waals surface area contributed by atoms with Gasteiger partial charge in [0.2, 0.25) is 5.88 Å². The van der Waals surface area contributed by atoms with Gasteiger partial charge in [0.15, 0.2) is 11.5 Å². The Hall–Kier alpha value is -3.51. The van der Waals surface area contributed by atoms with Crippen molar-refractivity contribution in [3.8, 4) is 22.8 Å². The first-order chi connectivity index (χ1) is 15.0. The summed E-state index contributed by atoms with van der Waals surface area (Å²) >= 11 is 6.06. The van der Waals surface area contributed by atoms with Gasteiger partial charge in [-0.1, -0.05) is 59.2 Å². The van der Waals surface area contributed by atoms with Crippen LogP contribution in [-0.4, -0.2) is 17.1 Å². The Bertz CT molecular complexity index is 1180. The van der Waals surface area contributed by atoms with Crippen molar-refractivity contribution in [1.29, 1.82) is 0 Å². The predicted octanol–water partition coefficient (Wildman–Crippen LogP) is 5.59. The molecule has 0 radical (unpaired) electrons. The minimum atomic E-state index is -0.352. The van der Waals surface area contributed by atoms with Crippen molar-refractivity contribution >= 4 is 23.4 Å². The molecule has 0 spiro atoms. The molecule has 1 atom stereocenters. The van der Waals surface area contributed by atoms with E-state index in [1.165, 1.54) is 5.56 Å². The molecule has 2 aromatic heterocycles. The van der Waals surface area contributed by atoms with Crippen LogP contribution in [0.25, 0.3) is 22.8 Å². The molecule has 0 aliphatic carbocycles. The Morgan fingerprint density at radius 1 is 1.10 bits per heavy atom. The lowest BCUT2D eigenvalue weighted by molar-refractivity contribution is 0.0939. The quantitative estimate of drug-likeness (QED) is 0.394. The number of nitrogen functional groups attached to an aromatic ring is 1. The van der Waals surface area contributed by atoms with Gasteiger partial charge in [-0.05, 0) is 49.6 Å². The molecular weight excluding hydrogens is 414 g/mol. The minimum Gasteiger partial charge on any atom is -0.454 e. The van der Waals surface area contributed by atoms with Gasteiger partial charge >= 0.3 is 0 Å². The van der Waals surface area contributed by atoms with Crippen LogP contribution in [0.5, 0.6) is 0 Å². The summed E-state index contributed by atoms with van der Waals surface area (Å²) in [6, 6.07) is 20.9. The van der Waals surface area contributed by atoms with Crippen molar-refractivity contribution in [3.05, 3.63) is 82.9 Å². The van der Waals surface area contributed by atoms with E-state index in [9.17, 15) is 4.79 Å². The summed E-state index contributed by atoms with van der Waals surface area (Å²) in [6.45, 7) is 1.95. The van der Waals surface area contributed by atoms with Gasteiger partial charge in [0, 0.05) is 16.6 Å². The highest BCUT2D eigenvalue weighted by Crippen LogP contribution is 2.32. The van der Waals surface area contributed by atoms with Gasteiger partial charge in [0.1, 0.15) is 11.3 Å². The molecule has 3 N–H and O–H groups in total. The van der Waals surface area contributed by atoms with Crippen molar-refractivity contribution in [2.75, 3.05) is 5.73 Å². The number of nitrogens with zero attached hydrogens (tertiary/aromatic N) is 1. The molecule has 6 nitrogen and oxygen atoms in total. The predicted molar refractivity (Wildman–Crippen MR) is 121 cm³/mol. The normalized spacial score (nSPS) is 11.9. The third kappa shape index (κ3) is 4.81. The van der Waals surface area contributed by atoms with E-state index in [0.29, 0.717) is 16.5 Å². The van der Waals surface area contributed by atoms with E-state index in [0.717, 1.165) is 18.4 Å². The van der Waals surface area contributed by atoms with E-state index in [4.69, 9.17) is 26.3 Å². The Labute approximate surface area is 185 Å². The number of amides is 1. The molecular formula is C24H22ClN3O3. The first-order valence-corrected chi connectivity index (χ1v) is 10.3. The van der Waals surface area contributed by atoms with Crippen molar-refractivity contribution < 1.29 is 13.7 Å². The highest BCUT2D eigenvalue weighted by atomic mass is 35.5. The number of furan rings is 1. The van der Waals surface area contributed by atoms with E-state index >= 15 is 0 Å². The Morgan fingerprint density at radius 2 is 1.87 bits per heavy atom. The Morgan fingerprint density at radius 3 is 2.65 bits per heavy atom. The van der Waals surface area contributed by atoms with Crippen LogP contribution >= 0.6 is 11.6 Å². The number of nitrogens with two attached hydrogens (primary N) is 1. The van der Waals surface area contributed by atoms with Crippen molar-refractivity contribution in [1.82, 2.24) is 10.5 Å². The number of carbonyl (C=O) groups is 1. The number of aromatic nitrogens is 1. The molecule has 2 heterocycles. The lowest BCUT2D eigenvalue weighted by atomic mass is 10.1. The average molecular weight is 436 g/mol. The maximum absolute atomic E-state index is 12.9. The summed E-state index contributed by atoms with van der Waals surface area (Å²) in [5, 5.41) is 7.53. The molecule has 2 aromatic carbocycles. The van der Waals surface area contributed by atoms with E-state index in [2.05, 4.69) is 22.6 Å². The molecule has 7 heteroatoms. The first kappa shape index (κ1) is 20.8. The average Bonchev–Trinajstić information content (AvgIpc) is 3.40. The van der Waals surface area contributed by atoms with Crippen LogP contribution in [0.4, 0.5) is 5.88 Å². The van der Waals surface area contributed by atoms with Gasteiger partial charge in [0.25, 0.3) is 5.91 Å². The molecule has 1 amide bonds. The highest BCUT2D eigenvalue weighted by molar-refractivity contribution is 6.30. The molecule has 0 saturated carbocycles. The van der Waals surface area contributed by atoms with Gasteiger partial charge in [0.05, 0.1) is 0 Å². The lowest BCUT2D eigenvalue weighted by Crippen LogP contribution is -2.33. The molecule has 0 aliphatic heterocycles. The van der Waals surface area contributed by atoms with Gasteiger partial charge in [-0.15, -0.1) is 0 Å². The number of carbonyl (C=O) groups excluding carboxylic acids is 1. The molecule has 0 fully saturated rings. The molecule has 158 valence electrons. The second-order valence-electron chi connectivity index (χ2n) is 7.34. The van der Waals surface area contributed by atoms with Gasteiger partial charge in [-0.2, -0.15) is 0 Å². The third-order valence-corrected chi connectivity index (χ3v) is 5.22. The fraction of sp³-hybridized carbons (Fsp3) is 0.167. The molecule has 4 rings (SSSR count). The van der Waals surface area contributed by atoms with Crippen molar-refractivity contribution in [2.45, 2.75) is 25.8 Å². The fourth-order valence-corrected chi connectivity index (χ4v) is 3.54. The first-order valence-electron chi connectivity index (χ1n) is 9.97. The van der Waals surface area contributed by atoms with E-state index in [-0.39, 0.29) is 29.1 Å². The second-order valence-corrected chi connectivity index (χ2v) is 7.78. The fourth-order valence-electron chi connectivity index (χ4n) is 3.35. The van der Waals surface area contributed by atoms with E-state index in [1.807, 2.05) is 37.3 Å². The topological polar surface area (TPSA) is 94.3 Å².